The molecule has 1 aromatic heterocycles. The highest BCUT2D eigenvalue weighted by atomic mass is 35.5. The molecule has 0 aliphatic heterocycles. The first-order chi connectivity index (χ1) is 12.1. The molecule has 0 fully saturated rings. The number of amides is 1. The highest BCUT2D eigenvalue weighted by Crippen LogP contribution is 2.36. The van der Waals surface area contributed by atoms with E-state index in [1.165, 1.54) is 18.2 Å². The van der Waals surface area contributed by atoms with E-state index in [1.807, 2.05) is 0 Å². The lowest BCUT2D eigenvalue weighted by atomic mass is 10.2. The lowest BCUT2D eigenvalue weighted by Gasteiger charge is -2.12. The third-order valence-corrected chi connectivity index (χ3v) is 3.74. The monoisotopic (exact) mass is 426 g/mol. The van der Waals surface area contributed by atoms with Crippen molar-refractivity contribution in [3.05, 3.63) is 56.8 Å². The van der Waals surface area contributed by atoms with Crippen LogP contribution in [0.2, 0.25) is 15.2 Å². The van der Waals surface area contributed by atoms with Crippen molar-refractivity contribution in [2.24, 2.45) is 0 Å². The number of nitrogens with one attached hydrogen (secondary N) is 1. The van der Waals surface area contributed by atoms with Gasteiger partial charge in [-0.2, -0.15) is 13.2 Å². The average Bonchev–Trinajstić information content (AvgIpc) is 2.55. The molecule has 0 aliphatic rings. The number of alkyl halides is 3. The first-order valence-corrected chi connectivity index (χ1v) is 7.87. The summed E-state index contributed by atoms with van der Waals surface area (Å²) >= 11 is 16.9. The summed E-state index contributed by atoms with van der Waals surface area (Å²) in [4.78, 5) is 27.3. The fourth-order valence-corrected chi connectivity index (χ4v) is 2.33. The maximum absolute atomic E-state index is 12.8. The van der Waals surface area contributed by atoms with Gasteiger partial charge in [0.2, 0.25) is 0 Å². The molecule has 0 atom stereocenters. The average molecular weight is 428 g/mol. The Labute approximate surface area is 160 Å². The highest BCUT2D eigenvalue weighted by Gasteiger charge is 2.33. The minimum Gasteiger partial charge on any atom is -0.451 e. The van der Waals surface area contributed by atoms with E-state index in [4.69, 9.17) is 39.5 Å². The number of pyridine rings is 1. The Morgan fingerprint density at radius 3 is 2.38 bits per heavy atom. The molecule has 5 nitrogen and oxygen atoms in total. The van der Waals surface area contributed by atoms with Crippen LogP contribution in [0.15, 0.2) is 30.3 Å². The second-order valence-electron chi connectivity index (χ2n) is 4.78. The van der Waals surface area contributed by atoms with Gasteiger partial charge >= 0.3 is 12.1 Å². The Kier molecular flexibility index (Phi) is 6.33. The van der Waals surface area contributed by atoms with Crippen LogP contribution in [0, 0.1) is 0 Å². The predicted octanol–water partition coefficient (Wildman–Crippen LogP) is 4.86. The first kappa shape index (κ1) is 20.3. The second kappa shape index (κ2) is 8.11. The van der Waals surface area contributed by atoms with Crippen LogP contribution in [-0.2, 0) is 15.7 Å². The number of hydrogen-bond donors (Lipinski definition) is 1. The Balaban J connectivity index is 2.01. The Bertz CT molecular complexity index is 860. The zero-order valence-corrected chi connectivity index (χ0v) is 14.8. The van der Waals surface area contributed by atoms with Crippen LogP contribution in [0.1, 0.15) is 16.1 Å². The van der Waals surface area contributed by atoms with Crippen molar-refractivity contribution in [3.63, 3.8) is 0 Å². The van der Waals surface area contributed by atoms with Gasteiger partial charge in [-0.05, 0) is 30.3 Å². The van der Waals surface area contributed by atoms with Crippen molar-refractivity contribution in [1.82, 2.24) is 4.98 Å². The number of anilines is 1. The molecule has 0 saturated carbocycles. The van der Waals surface area contributed by atoms with E-state index in [1.54, 1.807) is 0 Å². The summed E-state index contributed by atoms with van der Waals surface area (Å²) in [5.74, 6) is -1.88. The summed E-state index contributed by atoms with van der Waals surface area (Å²) in [5, 5.41) is 1.61. The minimum absolute atomic E-state index is 0.00774. The zero-order valence-electron chi connectivity index (χ0n) is 12.5. The summed E-state index contributed by atoms with van der Waals surface area (Å²) in [6.45, 7) is -0.771. The fourth-order valence-electron chi connectivity index (χ4n) is 1.78. The Morgan fingerprint density at radius 2 is 1.73 bits per heavy atom. The third-order valence-electron chi connectivity index (χ3n) is 2.90. The standard InChI is InChI=1S/C15H8Cl3F3N2O3/c16-9-2-1-7(5-8(9)15(19,20)21)22-12(24)6-26-14(25)13-10(17)3-4-11(18)23-13/h1-5H,6H2,(H,22,24). The number of nitrogens with zero attached hydrogens (tertiary/aromatic N) is 1. The van der Waals surface area contributed by atoms with Crippen molar-refractivity contribution in [2.45, 2.75) is 6.18 Å². The molecule has 0 bridgehead atoms. The number of benzene rings is 1. The summed E-state index contributed by atoms with van der Waals surface area (Å²) in [6.07, 6.45) is -4.68. The van der Waals surface area contributed by atoms with Crippen molar-refractivity contribution in [1.29, 1.82) is 0 Å². The van der Waals surface area contributed by atoms with E-state index >= 15 is 0 Å². The molecule has 0 saturated heterocycles. The molecule has 0 spiro atoms. The van der Waals surface area contributed by atoms with E-state index in [-0.39, 0.29) is 21.6 Å². The highest BCUT2D eigenvalue weighted by molar-refractivity contribution is 6.34. The molecule has 2 rings (SSSR count). The van der Waals surface area contributed by atoms with E-state index in [0.29, 0.717) is 6.07 Å². The van der Waals surface area contributed by atoms with Gasteiger partial charge in [0.15, 0.2) is 12.3 Å². The number of rotatable bonds is 4. The normalized spacial score (nSPS) is 11.2. The van der Waals surface area contributed by atoms with Gasteiger partial charge in [-0.15, -0.1) is 0 Å². The van der Waals surface area contributed by atoms with Gasteiger partial charge in [0.1, 0.15) is 5.15 Å². The summed E-state index contributed by atoms with van der Waals surface area (Å²) in [6, 6.07) is 5.50. The second-order valence-corrected chi connectivity index (χ2v) is 5.98. The van der Waals surface area contributed by atoms with Crippen LogP contribution in [0.5, 0.6) is 0 Å². The smallest absolute Gasteiger partial charge is 0.417 e. The van der Waals surface area contributed by atoms with Gasteiger partial charge < -0.3 is 10.1 Å². The summed E-state index contributed by atoms with van der Waals surface area (Å²) < 4.78 is 43.1. The number of aromatic nitrogens is 1. The number of carbonyl (C=O) groups is 2. The van der Waals surface area contributed by atoms with Gasteiger partial charge in [0.05, 0.1) is 15.6 Å². The lowest BCUT2D eigenvalue weighted by Crippen LogP contribution is -2.22. The molecule has 11 heteroatoms. The summed E-state index contributed by atoms with van der Waals surface area (Å²) in [7, 11) is 0. The molecule has 1 heterocycles. The lowest BCUT2D eigenvalue weighted by molar-refractivity contribution is -0.137. The van der Waals surface area contributed by atoms with Crippen LogP contribution in [0.25, 0.3) is 0 Å². The van der Waals surface area contributed by atoms with Crippen molar-refractivity contribution >= 4 is 52.4 Å². The van der Waals surface area contributed by atoms with Gasteiger partial charge in [-0.25, -0.2) is 9.78 Å². The van der Waals surface area contributed by atoms with E-state index in [9.17, 15) is 22.8 Å². The van der Waals surface area contributed by atoms with Crippen molar-refractivity contribution in [3.8, 4) is 0 Å². The van der Waals surface area contributed by atoms with Crippen molar-refractivity contribution in [2.75, 3.05) is 11.9 Å². The topological polar surface area (TPSA) is 68.3 Å². The molecular weight excluding hydrogens is 420 g/mol. The molecule has 0 unspecified atom stereocenters. The zero-order chi connectivity index (χ0) is 19.5. The van der Waals surface area contributed by atoms with Gasteiger partial charge in [-0.3, -0.25) is 4.79 Å². The Hall–Kier alpha value is -2.03. The molecule has 26 heavy (non-hydrogen) atoms. The van der Waals surface area contributed by atoms with E-state index in [0.717, 1.165) is 6.07 Å². The number of hydrogen-bond acceptors (Lipinski definition) is 4. The van der Waals surface area contributed by atoms with Crippen LogP contribution < -0.4 is 5.32 Å². The number of halogens is 6. The number of carbonyl (C=O) groups excluding carboxylic acids is 2. The van der Waals surface area contributed by atoms with Crippen LogP contribution in [0.3, 0.4) is 0 Å². The molecular formula is C15H8Cl3F3N2O3. The number of ether oxygens (including phenoxy) is 1. The van der Waals surface area contributed by atoms with Gasteiger partial charge in [0, 0.05) is 5.69 Å². The quantitative estimate of drug-likeness (QED) is 0.559. The SMILES string of the molecule is O=C(COC(=O)c1nc(Cl)ccc1Cl)Nc1ccc(Cl)c(C(F)(F)F)c1. The van der Waals surface area contributed by atoms with Crippen molar-refractivity contribution < 1.29 is 27.5 Å². The van der Waals surface area contributed by atoms with Crippen LogP contribution in [0.4, 0.5) is 18.9 Å². The van der Waals surface area contributed by atoms with Gasteiger partial charge in [-0.1, -0.05) is 34.8 Å². The number of esters is 1. The first-order valence-electron chi connectivity index (χ1n) is 6.73. The molecule has 1 N–H and O–H groups in total. The predicted molar refractivity (Wildman–Crippen MR) is 89.6 cm³/mol. The molecule has 2 aromatic rings. The molecule has 138 valence electrons. The van der Waals surface area contributed by atoms with E-state index < -0.39 is 35.2 Å². The molecule has 0 aliphatic carbocycles. The maximum atomic E-state index is 12.8. The van der Waals surface area contributed by atoms with Gasteiger partial charge in [0.25, 0.3) is 5.91 Å². The van der Waals surface area contributed by atoms with E-state index in [2.05, 4.69) is 10.3 Å². The van der Waals surface area contributed by atoms with Crippen LogP contribution in [-0.4, -0.2) is 23.5 Å². The van der Waals surface area contributed by atoms with Crippen LogP contribution >= 0.6 is 34.8 Å². The maximum Gasteiger partial charge on any atom is 0.417 e. The summed E-state index contributed by atoms with van der Waals surface area (Å²) in [5.41, 5.74) is -1.57. The fraction of sp³-hybridized carbons (Fsp3) is 0.133. The third kappa shape index (κ3) is 5.23. The molecule has 1 aromatic carbocycles. The molecule has 0 radical (unpaired) electrons. The molecule has 1 amide bonds. The Morgan fingerprint density at radius 1 is 1.08 bits per heavy atom. The largest absolute Gasteiger partial charge is 0.451 e. The minimum atomic E-state index is -4.68.